The van der Waals surface area contributed by atoms with E-state index in [1.165, 1.54) is 18.3 Å². The molecule has 11 heteroatoms. The quantitative estimate of drug-likeness (QED) is 0.394. The maximum absolute atomic E-state index is 15.3. The van der Waals surface area contributed by atoms with Gasteiger partial charge in [0.05, 0.1) is 29.1 Å². The Balaban J connectivity index is 1.57. The van der Waals surface area contributed by atoms with Gasteiger partial charge in [0.2, 0.25) is 21.8 Å². The number of halogens is 1. The average Bonchev–Trinajstić information content (AvgIpc) is 3.08. The summed E-state index contributed by atoms with van der Waals surface area (Å²) in [6, 6.07) is 4.79. The van der Waals surface area contributed by atoms with E-state index in [0.29, 0.717) is 28.7 Å². The molecule has 3 heterocycles. The Labute approximate surface area is 208 Å². The molecule has 1 aromatic carbocycles. The standard InChI is InChI=1S/C25H28FN5O4S/c1-14(2)27-7-8-35-23-20(31-36(3,33)34)9-15(12-29-23)16-10-17-19(11-18(16)26)28-13-21-22(17)25(5-4-6-25)24(32)30-21/h9-14,27,31H,4-8H2,1-3H3,(H,30,32). The summed E-state index contributed by atoms with van der Waals surface area (Å²) in [6.07, 6.45) is 6.47. The maximum atomic E-state index is 15.3. The van der Waals surface area contributed by atoms with Crippen molar-refractivity contribution < 1.29 is 22.3 Å². The Hall–Kier alpha value is -3.31. The molecule has 1 aliphatic heterocycles. The molecule has 0 unspecified atom stereocenters. The van der Waals surface area contributed by atoms with Gasteiger partial charge in [-0.2, -0.15) is 0 Å². The van der Waals surface area contributed by atoms with Crippen molar-refractivity contribution in [2.45, 2.75) is 44.6 Å². The van der Waals surface area contributed by atoms with Gasteiger partial charge in [0.1, 0.15) is 18.1 Å². The van der Waals surface area contributed by atoms with E-state index >= 15 is 4.39 Å². The molecular weight excluding hydrogens is 485 g/mol. The van der Waals surface area contributed by atoms with Crippen molar-refractivity contribution >= 4 is 38.2 Å². The van der Waals surface area contributed by atoms with Gasteiger partial charge in [0, 0.05) is 46.9 Å². The Morgan fingerprint density at radius 2 is 1.97 bits per heavy atom. The first-order valence-corrected chi connectivity index (χ1v) is 13.8. The van der Waals surface area contributed by atoms with Gasteiger partial charge in [-0.15, -0.1) is 0 Å². The molecule has 1 spiro atoms. The summed E-state index contributed by atoms with van der Waals surface area (Å²) in [5, 5.41) is 6.83. The number of hydrogen-bond acceptors (Lipinski definition) is 7. The SMILES string of the molecule is CC(C)NCCOc1ncc(-c2cc3c4c(cnc3cc2F)NC(=O)C42CCC2)cc1NS(C)(=O)=O. The van der Waals surface area contributed by atoms with Crippen molar-refractivity contribution in [2.75, 3.05) is 29.4 Å². The van der Waals surface area contributed by atoms with Crippen LogP contribution in [-0.4, -0.2) is 49.7 Å². The van der Waals surface area contributed by atoms with E-state index in [-0.39, 0.29) is 35.7 Å². The zero-order valence-electron chi connectivity index (χ0n) is 20.3. The number of nitrogens with one attached hydrogen (secondary N) is 3. The van der Waals surface area contributed by atoms with Crippen molar-refractivity contribution in [3.8, 4) is 17.0 Å². The van der Waals surface area contributed by atoms with Gasteiger partial charge in [-0.1, -0.05) is 20.3 Å². The largest absolute Gasteiger partial charge is 0.475 e. The van der Waals surface area contributed by atoms with E-state index in [2.05, 4.69) is 25.3 Å². The zero-order valence-corrected chi connectivity index (χ0v) is 21.1. The molecule has 36 heavy (non-hydrogen) atoms. The van der Waals surface area contributed by atoms with Crippen LogP contribution >= 0.6 is 0 Å². The molecule has 190 valence electrons. The van der Waals surface area contributed by atoms with E-state index in [1.807, 2.05) is 13.8 Å². The molecule has 1 amide bonds. The van der Waals surface area contributed by atoms with E-state index in [0.717, 1.165) is 31.1 Å². The summed E-state index contributed by atoms with van der Waals surface area (Å²) in [5.41, 5.74) is 2.07. The van der Waals surface area contributed by atoms with Gasteiger partial charge in [-0.25, -0.2) is 17.8 Å². The lowest BCUT2D eigenvalue weighted by Crippen LogP contribution is -2.41. The molecule has 3 aromatic rings. The lowest BCUT2D eigenvalue weighted by molar-refractivity contribution is -0.123. The van der Waals surface area contributed by atoms with Crippen molar-refractivity contribution in [1.29, 1.82) is 0 Å². The number of amides is 1. The molecule has 1 aliphatic carbocycles. The highest BCUT2D eigenvalue weighted by molar-refractivity contribution is 7.92. The van der Waals surface area contributed by atoms with Crippen LogP contribution in [0.2, 0.25) is 0 Å². The van der Waals surface area contributed by atoms with Gasteiger partial charge < -0.3 is 15.4 Å². The lowest BCUT2D eigenvalue weighted by atomic mass is 9.64. The smallest absolute Gasteiger partial charge is 0.238 e. The van der Waals surface area contributed by atoms with Crippen LogP contribution < -0.4 is 20.1 Å². The minimum atomic E-state index is -3.65. The van der Waals surface area contributed by atoms with Crippen LogP contribution in [0.5, 0.6) is 5.88 Å². The van der Waals surface area contributed by atoms with E-state index in [1.54, 1.807) is 12.3 Å². The minimum absolute atomic E-state index is 0.0429. The first-order valence-electron chi connectivity index (χ1n) is 11.9. The van der Waals surface area contributed by atoms with Crippen LogP contribution in [0.4, 0.5) is 15.8 Å². The average molecular weight is 514 g/mol. The monoisotopic (exact) mass is 513 g/mol. The van der Waals surface area contributed by atoms with Gasteiger partial charge in [-0.3, -0.25) is 14.5 Å². The van der Waals surface area contributed by atoms with Crippen molar-refractivity contribution in [3.63, 3.8) is 0 Å². The van der Waals surface area contributed by atoms with Crippen LogP contribution in [0, 0.1) is 5.82 Å². The third-order valence-corrected chi connectivity index (χ3v) is 7.27. The molecule has 2 aromatic heterocycles. The number of rotatable bonds is 8. The second kappa shape index (κ2) is 8.97. The Morgan fingerprint density at radius 1 is 1.19 bits per heavy atom. The molecule has 3 N–H and O–H groups in total. The number of nitrogens with zero attached hydrogens (tertiary/aromatic N) is 2. The fraction of sp³-hybridized carbons (Fsp3) is 0.400. The predicted molar refractivity (Wildman–Crippen MR) is 136 cm³/mol. The van der Waals surface area contributed by atoms with E-state index in [4.69, 9.17) is 4.74 Å². The van der Waals surface area contributed by atoms with Crippen LogP contribution in [0.25, 0.3) is 22.0 Å². The van der Waals surface area contributed by atoms with Crippen LogP contribution in [-0.2, 0) is 20.2 Å². The van der Waals surface area contributed by atoms with Crippen molar-refractivity contribution in [3.05, 3.63) is 42.0 Å². The molecule has 2 aliphatic rings. The van der Waals surface area contributed by atoms with Gasteiger partial charge in [0.25, 0.3) is 0 Å². The van der Waals surface area contributed by atoms with E-state index < -0.39 is 21.3 Å². The number of pyridine rings is 2. The molecule has 1 saturated carbocycles. The number of carbonyl (C=O) groups is 1. The first kappa shape index (κ1) is 24.4. The molecular formula is C25H28FN5O4S. The summed E-state index contributed by atoms with van der Waals surface area (Å²) in [5.74, 6) is -0.475. The summed E-state index contributed by atoms with van der Waals surface area (Å²) in [4.78, 5) is 21.4. The topological polar surface area (TPSA) is 122 Å². The van der Waals surface area contributed by atoms with E-state index in [9.17, 15) is 13.2 Å². The molecule has 0 saturated heterocycles. The summed E-state index contributed by atoms with van der Waals surface area (Å²) in [6.45, 7) is 4.83. The lowest BCUT2D eigenvalue weighted by Gasteiger charge is -2.36. The molecule has 0 radical (unpaired) electrons. The number of fused-ring (bicyclic) bond motifs is 4. The third-order valence-electron chi connectivity index (χ3n) is 6.68. The van der Waals surface area contributed by atoms with Crippen LogP contribution in [0.1, 0.15) is 38.7 Å². The fourth-order valence-corrected chi connectivity index (χ4v) is 5.44. The second-order valence-electron chi connectivity index (χ2n) is 9.69. The number of hydrogen-bond donors (Lipinski definition) is 3. The fourth-order valence-electron chi connectivity index (χ4n) is 4.89. The molecule has 0 bridgehead atoms. The normalized spacial score (nSPS) is 16.2. The highest BCUT2D eigenvalue weighted by atomic mass is 32.2. The summed E-state index contributed by atoms with van der Waals surface area (Å²) < 4.78 is 47.4. The van der Waals surface area contributed by atoms with Gasteiger partial charge >= 0.3 is 0 Å². The number of aromatic nitrogens is 2. The predicted octanol–water partition coefficient (Wildman–Crippen LogP) is 3.56. The second-order valence-corrected chi connectivity index (χ2v) is 11.4. The van der Waals surface area contributed by atoms with Crippen molar-refractivity contribution in [1.82, 2.24) is 15.3 Å². The highest BCUT2D eigenvalue weighted by Gasteiger charge is 2.52. The van der Waals surface area contributed by atoms with Gasteiger partial charge in [-0.05, 0) is 25.0 Å². The molecule has 9 nitrogen and oxygen atoms in total. The Bertz CT molecular complexity index is 1470. The molecule has 0 atom stereocenters. The van der Waals surface area contributed by atoms with Gasteiger partial charge in [0.15, 0.2) is 0 Å². The number of sulfonamides is 1. The maximum Gasteiger partial charge on any atom is 0.238 e. The molecule has 5 rings (SSSR count). The highest BCUT2D eigenvalue weighted by Crippen LogP contribution is 2.53. The Morgan fingerprint density at radius 3 is 2.64 bits per heavy atom. The number of carbonyl (C=O) groups excluding carboxylic acids is 1. The van der Waals surface area contributed by atoms with Crippen LogP contribution in [0.15, 0.2) is 30.6 Å². The molecule has 1 fully saturated rings. The minimum Gasteiger partial charge on any atom is -0.475 e. The first-order chi connectivity index (χ1) is 17.1. The number of benzene rings is 1. The third kappa shape index (κ3) is 4.37. The van der Waals surface area contributed by atoms with Crippen molar-refractivity contribution in [2.24, 2.45) is 0 Å². The van der Waals surface area contributed by atoms with Crippen LogP contribution in [0.3, 0.4) is 0 Å². The summed E-state index contributed by atoms with van der Waals surface area (Å²) in [7, 11) is -3.65. The zero-order chi connectivity index (χ0) is 25.7. The summed E-state index contributed by atoms with van der Waals surface area (Å²) >= 11 is 0. The number of ether oxygens (including phenoxy) is 1. The number of anilines is 2. The Kier molecular flexibility index (Phi) is 6.08.